The largest absolute Gasteiger partial charge is 0.396 e. The van der Waals surface area contributed by atoms with Crippen LogP contribution in [0.3, 0.4) is 0 Å². The van der Waals surface area contributed by atoms with E-state index < -0.39 is 0 Å². The standard InChI is InChI=1S/C12H23N3O/c1-4-12(2,10-16)9-13-6-5-11-7-14-15(3)8-11/h7-8,13,16H,4-6,9-10H2,1-3H3. The maximum atomic E-state index is 9.25. The van der Waals surface area contributed by atoms with Crippen LogP contribution in [0.1, 0.15) is 25.8 Å². The smallest absolute Gasteiger partial charge is 0.0522 e. The third-order valence-corrected chi connectivity index (χ3v) is 3.14. The molecule has 1 heterocycles. The molecule has 4 nitrogen and oxygen atoms in total. The molecule has 0 aliphatic rings. The fourth-order valence-corrected chi connectivity index (χ4v) is 1.52. The molecule has 0 radical (unpaired) electrons. The Hall–Kier alpha value is -0.870. The molecule has 1 rings (SSSR count). The van der Waals surface area contributed by atoms with Crippen molar-refractivity contribution in [3.63, 3.8) is 0 Å². The molecule has 0 saturated carbocycles. The zero-order valence-electron chi connectivity index (χ0n) is 10.5. The lowest BCUT2D eigenvalue weighted by molar-refractivity contribution is 0.136. The molecule has 1 aromatic heterocycles. The molecule has 1 unspecified atom stereocenters. The van der Waals surface area contributed by atoms with Gasteiger partial charge in [-0.1, -0.05) is 13.8 Å². The monoisotopic (exact) mass is 225 g/mol. The van der Waals surface area contributed by atoms with E-state index >= 15 is 0 Å². The summed E-state index contributed by atoms with van der Waals surface area (Å²) in [6, 6.07) is 0. The van der Waals surface area contributed by atoms with Crippen molar-refractivity contribution in [2.75, 3.05) is 19.7 Å². The lowest BCUT2D eigenvalue weighted by atomic mass is 9.88. The number of aliphatic hydroxyl groups is 1. The second kappa shape index (κ2) is 6.01. The first-order chi connectivity index (χ1) is 7.59. The van der Waals surface area contributed by atoms with Gasteiger partial charge in [-0.15, -0.1) is 0 Å². The summed E-state index contributed by atoms with van der Waals surface area (Å²) < 4.78 is 1.82. The van der Waals surface area contributed by atoms with Crippen LogP contribution in [-0.2, 0) is 13.5 Å². The van der Waals surface area contributed by atoms with E-state index in [0.717, 1.165) is 25.9 Å². The van der Waals surface area contributed by atoms with E-state index in [0.29, 0.717) is 0 Å². The average molecular weight is 225 g/mol. The highest BCUT2D eigenvalue weighted by Gasteiger charge is 2.19. The zero-order chi connectivity index (χ0) is 12.0. The number of hydrogen-bond donors (Lipinski definition) is 2. The summed E-state index contributed by atoms with van der Waals surface area (Å²) in [6.45, 7) is 6.24. The molecule has 0 aliphatic carbocycles. The van der Waals surface area contributed by atoms with Crippen molar-refractivity contribution in [3.8, 4) is 0 Å². The number of nitrogens with one attached hydrogen (secondary N) is 1. The van der Waals surface area contributed by atoms with Crippen LogP contribution >= 0.6 is 0 Å². The number of aliphatic hydroxyl groups excluding tert-OH is 1. The second-order valence-corrected chi connectivity index (χ2v) is 4.77. The summed E-state index contributed by atoms with van der Waals surface area (Å²) in [5, 5.41) is 16.8. The van der Waals surface area contributed by atoms with E-state index in [2.05, 4.69) is 24.3 Å². The summed E-state index contributed by atoms with van der Waals surface area (Å²) in [7, 11) is 1.93. The van der Waals surface area contributed by atoms with Gasteiger partial charge in [0.15, 0.2) is 0 Å². The van der Waals surface area contributed by atoms with Crippen molar-refractivity contribution in [2.24, 2.45) is 12.5 Å². The molecule has 4 heteroatoms. The fourth-order valence-electron chi connectivity index (χ4n) is 1.52. The van der Waals surface area contributed by atoms with Crippen molar-refractivity contribution in [2.45, 2.75) is 26.7 Å². The van der Waals surface area contributed by atoms with Crippen LogP contribution in [0.2, 0.25) is 0 Å². The summed E-state index contributed by atoms with van der Waals surface area (Å²) in [4.78, 5) is 0. The molecule has 92 valence electrons. The normalized spacial score (nSPS) is 15.0. The third kappa shape index (κ3) is 3.94. The summed E-state index contributed by atoms with van der Waals surface area (Å²) >= 11 is 0. The van der Waals surface area contributed by atoms with Gasteiger partial charge in [0.25, 0.3) is 0 Å². The van der Waals surface area contributed by atoms with Gasteiger partial charge in [0.2, 0.25) is 0 Å². The van der Waals surface area contributed by atoms with E-state index in [1.807, 2.05) is 24.1 Å². The Morgan fingerprint density at radius 2 is 2.31 bits per heavy atom. The molecule has 0 amide bonds. The van der Waals surface area contributed by atoms with E-state index in [4.69, 9.17) is 0 Å². The Balaban J connectivity index is 2.21. The number of nitrogens with zero attached hydrogens (tertiary/aromatic N) is 2. The topological polar surface area (TPSA) is 50.1 Å². The first-order valence-electron chi connectivity index (χ1n) is 5.89. The van der Waals surface area contributed by atoms with Crippen LogP contribution in [0, 0.1) is 5.41 Å². The Morgan fingerprint density at radius 1 is 1.56 bits per heavy atom. The van der Waals surface area contributed by atoms with Crippen LogP contribution in [0.5, 0.6) is 0 Å². The maximum Gasteiger partial charge on any atom is 0.0522 e. The predicted octanol–water partition coefficient (Wildman–Crippen LogP) is 0.961. The minimum Gasteiger partial charge on any atom is -0.396 e. The predicted molar refractivity (Wildman–Crippen MR) is 65.3 cm³/mol. The van der Waals surface area contributed by atoms with Gasteiger partial charge in [0, 0.05) is 31.8 Å². The van der Waals surface area contributed by atoms with Crippen molar-refractivity contribution in [3.05, 3.63) is 18.0 Å². The van der Waals surface area contributed by atoms with Crippen molar-refractivity contribution in [1.29, 1.82) is 0 Å². The molecule has 0 spiro atoms. The van der Waals surface area contributed by atoms with Crippen molar-refractivity contribution in [1.82, 2.24) is 15.1 Å². The van der Waals surface area contributed by atoms with Crippen LogP contribution in [0.15, 0.2) is 12.4 Å². The molecule has 1 atom stereocenters. The molecule has 0 aromatic carbocycles. The van der Waals surface area contributed by atoms with Gasteiger partial charge in [0.05, 0.1) is 6.20 Å². The lowest BCUT2D eigenvalue weighted by Crippen LogP contribution is -2.35. The summed E-state index contributed by atoms with van der Waals surface area (Å²) in [5.74, 6) is 0. The molecule has 0 saturated heterocycles. The highest BCUT2D eigenvalue weighted by Crippen LogP contribution is 2.18. The number of aromatic nitrogens is 2. The number of aryl methyl sites for hydroxylation is 1. The van der Waals surface area contributed by atoms with Gasteiger partial charge in [-0.2, -0.15) is 5.10 Å². The van der Waals surface area contributed by atoms with Gasteiger partial charge in [-0.25, -0.2) is 0 Å². The zero-order valence-corrected chi connectivity index (χ0v) is 10.5. The van der Waals surface area contributed by atoms with Crippen LogP contribution < -0.4 is 5.32 Å². The Morgan fingerprint density at radius 3 is 2.81 bits per heavy atom. The molecule has 0 aliphatic heterocycles. The van der Waals surface area contributed by atoms with Crippen LogP contribution in [0.4, 0.5) is 0 Å². The minimum absolute atomic E-state index is 0.00887. The van der Waals surface area contributed by atoms with Gasteiger partial charge in [-0.3, -0.25) is 4.68 Å². The Kier molecular flexibility index (Phi) is 4.96. The molecule has 1 aromatic rings. The average Bonchev–Trinajstić information content (AvgIpc) is 2.70. The number of hydrogen-bond acceptors (Lipinski definition) is 3. The van der Waals surface area contributed by atoms with Gasteiger partial charge in [-0.05, 0) is 24.9 Å². The second-order valence-electron chi connectivity index (χ2n) is 4.77. The fraction of sp³-hybridized carbons (Fsp3) is 0.750. The van der Waals surface area contributed by atoms with Gasteiger partial charge < -0.3 is 10.4 Å². The van der Waals surface area contributed by atoms with E-state index in [1.165, 1.54) is 5.56 Å². The molecule has 0 bridgehead atoms. The Bertz CT molecular complexity index is 305. The molecule has 16 heavy (non-hydrogen) atoms. The van der Waals surface area contributed by atoms with E-state index in [9.17, 15) is 5.11 Å². The molecular weight excluding hydrogens is 202 g/mol. The molecule has 2 N–H and O–H groups in total. The highest BCUT2D eigenvalue weighted by atomic mass is 16.3. The van der Waals surface area contributed by atoms with Crippen LogP contribution in [0.25, 0.3) is 0 Å². The molecular formula is C12H23N3O. The van der Waals surface area contributed by atoms with E-state index in [-0.39, 0.29) is 12.0 Å². The third-order valence-electron chi connectivity index (χ3n) is 3.14. The summed E-state index contributed by atoms with van der Waals surface area (Å²) in [5.41, 5.74) is 1.26. The summed E-state index contributed by atoms with van der Waals surface area (Å²) in [6.07, 6.45) is 5.90. The molecule has 0 fully saturated rings. The van der Waals surface area contributed by atoms with Crippen LogP contribution in [-0.4, -0.2) is 34.6 Å². The maximum absolute atomic E-state index is 9.25. The SMILES string of the molecule is CCC(C)(CO)CNCCc1cnn(C)c1. The van der Waals surface area contributed by atoms with E-state index in [1.54, 1.807) is 0 Å². The van der Waals surface area contributed by atoms with Crippen molar-refractivity contribution < 1.29 is 5.11 Å². The highest BCUT2D eigenvalue weighted by molar-refractivity contribution is 5.03. The minimum atomic E-state index is 0.00887. The van der Waals surface area contributed by atoms with Gasteiger partial charge >= 0.3 is 0 Å². The quantitative estimate of drug-likeness (QED) is 0.680. The Labute approximate surface area is 97.7 Å². The van der Waals surface area contributed by atoms with Crippen molar-refractivity contribution >= 4 is 0 Å². The first-order valence-corrected chi connectivity index (χ1v) is 5.89. The van der Waals surface area contributed by atoms with Gasteiger partial charge in [0.1, 0.15) is 0 Å². The lowest BCUT2D eigenvalue weighted by Gasteiger charge is -2.25. The first kappa shape index (κ1) is 13.2. The number of rotatable bonds is 7.